The van der Waals surface area contributed by atoms with Gasteiger partial charge in [-0.3, -0.25) is 4.79 Å². The molecule has 1 amide bonds. The summed E-state index contributed by atoms with van der Waals surface area (Å²) in [5, 5.41) is 2.53. The number of rotatable bonds is 3. The number of carbonyl (C=O) groups is 2. The van der Waals surface area contributed by atoms with Gasteiger partial charge >= 0.3 is 5.97 Å². The van der Waals surface area contributed by atoms with Gasteiger partial charge in [0.2, 0.25) is 2.14 Å². The fraction of sp³-hybridized carbons (Fsp3) is 0.750. The van der Waals surface area contributed by atoms with E-state index in [0.29, 0.717) is 0 Å². The Labute approximate surface area is 114 Å². The highest BCUT2D eigenvalue weighted by Crippen LogP contribution is 2.34. The third-order valence-corrected chi connectivity index (χ3v) is 2.55. The van der Waals surface area contributed by atoms with Gasteiger partial charge in [0, 0.05) is 0 Å². The molecule has 0 fully saturated rings. The van der Waals surface area contributed by atoms with Gasteiger partial charge in [0.15, 0.2) is 0 Å². The lowest BCUT2D eigenvalue weighted by atomic mass is 10.1. The second-order valence-electron chi connectivity index (χ2n) is 3.30. The van der Waals surface area contributed by atoms with Gasteiger partial charge in [-0.05, 0) is 68.6 Å². The van der Waals surface area contributed by atoms with Crippen molar-refractivity contribution in [1.82, 2.24) is 5.32 Å². The molecule has 0 aromatic rings. The fourth-order valence-electron chi connectivity index (χ4n) is 0.717. The molecule has 0 atom stereocenters. The number of carbonyl (C=O) groups excluding carboxylic acids is 2. The van der Waals surface area contributed by atoms with Crippen molar-refractivity contribution in [1.29, 1.82) is 0 Å². The highest BCUT2D eigenvalue weighted by atomic mass is 80.0. The number of alkyl halides is 3. The van der Waals surface area contributed by atoms with Crippen molar-refractivity contribution < 1.29 is 14.3 Å². The lowest BCUT2D eigenvalue weighted by Gasteiger charge is -2.26. The van der Waals surface area contributed by atoms with Crippen molar-refractivity contribution in [2.75, 3.05) is 6.61 Å². The Hall–Kier alpha value is 0.380. The minimum absolute atomic E-state index is 0.278. The molecule has 0 aromatic carbocycles. The summed E-state index contributed by atoms with van der Waals surface area (Å²) in [5.41, 5.74) is -1.06. The van der Waals surface area contributed by atoms with E-state index < -0.39 is 19.6 Å². The van der Waals surface area contributed by atoms with Gasteiger partial charge in [-0.25, -0.2) is 4.79 Å². The third kappa shape index (κ3) is 5.31. The summed E-state index contributed by atoms with van der Waals surface area (Å²) in [6, 6.07) is 0. The van der Waals surface area contributed by atoms with Crippen molar-refractivity contribution in [3.8, 4) is 0 Å². The molecule has 88 valence electrons. The van der Waals surface area contributed by atoms with Crippen LogP contribution in [-0.4, -0.2) is 26.2 Å². The lowest BCUT2D eigenvalue weighted by molar-refractivity contribution is -0.151. The van der Waals surface area contributed by atoms with Crippen LogP contribution in [0.25, 0.3) is 0 Å². The molecule has 0 aliphatic rings. The summed E-state index contributed by atoms with van der Waals surface area (Å²) >= 11 is 9.16. The molecule has 0 spiro atoms. The van der Waals surface area contributed by atoms with Gasteiger partial charge in [-0.15, -0.1) is 0 Å². The zero-order valence-electron chi connectivity index (χ0n) is 8.57. The highest BCUT2D eigenvalue weighted by molar-refractivity contribution is 9.40. The van der Waals surface area contributed by atoms with Crippen LogP contribution in [0, 0.1) is 0 Å². The summed E-state index contributed by atoms with van der Waals surface area (Å²) in [6.45, 7) is 5.13. The van der Waals surface area contributed by atoms with Gasteiger partial charge in [0.05, 0.1) is 6.61 Å². The number of halogens is 3. The zero-order valence-corrected chi connectivity index (χ0v) is 13.3. The van der Waals surface area contributed by atoms with Gasteiger partial charge < -0.3 is 10.1 Å². The van der Waals surface area contributed by atoms with Gasteiger partial charge in [-0.1, -0.05) is 0 Å². The van der Waals surface area contributed by atoms with Crippen LogP contribution in [0.4, 0.5) is 0 Å². The third-order valence-electron chi connectivity index (χ3n) is 1.47. The van der Waals surface area contributed by atoms with E-state index in [1.165, 1.54) is 0 Å². The van der Waals surface area contributed by atoms with Gasteiger partial charge in [0.1, 0.15) is 5.54 Å². The van der Waals surface area contributed by atoms with Crippen molar-refractivity contribution >= 4 is 59.7 Å². The Balaban J connectivity index is 4.51. The molecule has 1 N–H and O–H groups in total. The molecule has 15 heavy (non-hydrogen) atoms. The maximum Gasteiger partial charge on any atom is 0.331 e. The van der Waals surface area contributed by atoms with Crippen molar-refractivity contribution in [2.24, 2.45) is 0 Å². The molecule has 0 heterocycles. The average Bonchev–Trinajstić information content (AvgIpc) is 2.02. The summed E-state index contributed by atoms with van der Waals surface area (Å²) in [5.74, 6) is -0.893. The first-order valence-corrected chi connectivity index (χ1v) is 6.55. The predicted octanol–water partition coefficient (Wildman–Crippen LogP) is 2.28. The van der Waals surface area contributed by atoms with Crippen molar-refractivity contribution in [2.45, 2.75) is 28.5 Å². The summed E-state index contributed by atoms with van der Waals surface area (Å²) < 4.78 is 3.75. The van der Waals surface area contributed by atoms with Crippen molar-refractivity contribution in [3.05, 3.63) is 0 Å². The maximum atomic E-state index is 11.5. The number of hydrogen-bond acceptors (Lipinski definition) is 3. The first kappa shape index (κ1) is 15.4. The molecule has 4 nitrogen and oxygen atoms in total. The fourth-order valence-corrected chi connectivity index (χ4v) is 1.01. The van der Waals surface area contributed by atoms with E-state index >= 15 is 0 Å². The Kier molecular flexibility index (Phi) is 5.77. The maximum absolute atomic E-state index is 11.5. The van der Waals surface area contributed by atoms with Gasteiger partial charge in [0.25, 0.3) is 5.91 Å². The van der Waals surface area contributed by atoms with Crippen LogP contribution in [0.3, 0.4) is 0 Å². The molecule has 0 saturated carbocycles. The van der Waals surface area contributed by atoms with E-state index in [0.717, 1.165) is 0 Å². The average molecular weight is 410 g/mol. The van der Waals surface area contributed by atoms with E-state index in [1.54, 1.807) is 20.8 Å². The summed E-state index contributed by atoms with van der Waals surface area (Å²) in [6.07, 6.45) is 0. The monoisotopic (exact) mass is 407 g/mol. The minimum Gasteiger partial charge on any atom is -0.464 e. The largest absolute Gasteiger partial charge is 0.464 e. The van der Waals surface area contributed by atoms with Crippen LogP contribution in [0.1, 0.15) is 20.8 Å². The Morgan fingerprint density at radius 3 is 2.07 bits per heavy atom. The lowest BCUT2D eigenvalue weighted by Crippen LogP contribution is -2.53. The molecule has 0 rings (SSSR count). The van der Waals surface area contributed by atoms with E-state index in [4.69, 9.17) is 4.74 Å². The molecule has 0 bridgehead atoms. The minimum atomic E-state index is -1.07. The molecular weight excluding hydrogens is 398 g/mol. The number of esters is 1. The second kappa shape index (κ2) is 5.63. The predicted molar refractivity (Wildman–Crippen MR) is 68.4 cm³/mol. The topological polar surface area (TPSA) is 55.4 Å². The quantitative estimate of drug-likeness (QED) is 0.574. The Morgan fingerprint density at radius 1 is 1.27 bits per heavy atom. The first-order chi connectivity index (χ1) is 6.61. The SMILES string of the molecule is CCOC(=O)C(C)(C)NC(=O)C(Br)(Br)Br. The van der Waals surface area contributed by atoms with Crippen molar-refractivity contribution in [3.63, 3.8) is 0 Å². The standard InChI is InChI=1S/C8H12Br3NO3/c1-4-15-6(14)7(2,3)12-5(13)8(9,10)11/h4H2,1-3H3,(H,12,13). The molecule has 0 saturated heterocycles. The van der Waals surface area contributed by atoms with E-state index in [1.807, 2.05) is 0 Å². The van der Waals surface area contributed by atoms with E-state index in [2.05, 4.69) is 53.1 Å². The second-order valence-corrected chi connectivity index (χ2v) is 10.1. The van der Waals surface area contributed by atoms with Crippen LogP contribution < -0.4 is 5.32 Å². The summed E-state index contributed by atoms with van der Waals surface area (Å²) in [4.78, 5) is 23.0. The molecule has 0 aliphatic carbocycles. The Bertz CT molecular complexity index is 260. The summed E-state index contributed by atoms with van der Waals surface area (Å²) in [7, 11) is 0. The number of nitrogens with one attached hydrogen (secondary N) is 1. The smallest absolute Gasteiger partial charge is 0.331 e. The number of ether oxygens (including phenoxy) is 1. The van der Waals surface area contributed by atoms with Crippen LogP contribution in [0.5, 0.6) is 0 Å². The Morgan fingerprint density at radius 2 is 1.73 bits per heavy atom. The molecule has 0 aliphatic heterocycles. The first-order valence-electron chi connectivity index (χ1n) is 4.18. The number of hydrogen-bond donors (Lipinski definition) is 1. The van der Waals surface area contributed by atoms with Crippen LogP contribution in [0.2, 0.25) is 0 Å². The van der Waals surface area contributed by atoms with E-state index in [-0.39, 0.29) is 6.61 Å². The molecule has 0 radical (unpaired) electrons. The normalized spacial score (nSPS) is 12.1. The highest BCUT2D eigenvalue weighted by Gasteiger charge is 2.37. The molecule has 0 aromatic heterocycles. The number of amides is 1. The van der Waals surface area contributed by atoms with Crippen LogP contribution in [-0.2, 0) is 14.3 Å². The molecule has 0 unspecified atom stereocenters. The van der Waals surface area contributed by atoms with Crippen LogP contribution in [0.15, 0.2) is 0 Å². The molecular formula is C8H12Br3NO3. The van der Waals surface area contributed by atoms with E-state index in [9.17, 15) is 9.59 Å². The van der Waals surface area contributed by atoms with Gasteiger partial charge in [-0.2, -0.15) is 0 Å². The molecule has 7 heteroatoms. The van der Waals surface area contributed by atoms with Crippen LogP contribution >= 0.6 is 47.8 Å². The zero-order chi connectivity index (χ0) is 12.3.